The third kappa shape index (κ3) is 4.43. The van der Waals surface area contributed by atoms with E-state index in [9.17, 15) is 8.42 Å². The van der Waals surface area contributed by atoms with Gasteiger partial charge in [-0.3, -0.25) is 0 Å². The highest BCUT2D eigenvalue weighted by molar-refractivity contribution is 7.89. The van der Waals surface area contributed by atoms with Crippen LogP contribution >= 0.6 is 0 Å². The summed E-state index contributed by atoms with van der Waals surface area (Å²) in [4.78, 5) is 0.137. The highest BCUT2D eigenvalue weighted by atomic mass is 32.2. The molecule has 1 unspecified atom stereocenters. The third-order valence-electron chi connectivity index (χ3n) is 4.85. The SMILES string of the molecule is CCOc1ccc(S(=O)(=O)NC2CCc3cc(OC)c(OC)cc32)cc1OCC. The number of ether oxygens (including phenoxy) is 4. The summed E-state index contributed by atoms with van der Waals surface area (Å²) in [6, 6.07) is 8.07. The second-order valence-electron chi connectivity index (χ2n) is 6.59. The van der Waals surface area contributed by atoms with E-state index in [2.05, 4.69) is 4.72 Å². The molecule has 0 heterocycles. The predicted octanol–water partition coefficient (Wildman–Crippen LogP) is 3.47. The normalized spacial score (nSPS) is 15.7. The van der Waals surface area contributed by atoms with E-state index in [0.717, 1.165) is 17.5 Å². The van der Waals surface area contributed by atoms with Crippen molar-refractivity contribution in [2.45, 2.75) is 37.6 Å². The Morgan fingerprint density at radius 1 is 0.931 bits per heavy atom. The van der Waals surface area contributed by atoms with Gasteiger partial charge in [-0.05, 0) is 62.1 Å². The summed E-state index contributed by atoms with van der Waals surface area (Å²) in [5.74, 6) is 2.16. The zero-order valence-corrected chi connectivity index (χ0v) is 18.0. The van der Waals surface area contributed by atoms with Crippen molar-refractivity contribution in [2.75, 3.05) is 27.4 Å². The van der Waals surface area contributed by atoms with Crippen LogP contribution in [0.2, 0.25) is 0 Å². The molecule has 1 aliphatic carbocycles. The van der Waals surface area contributed by atoms with Crippen molar-refractivity contribution in [3.8, 4) is 23.0 Å². The first-order chi connectivity index (χ1) is 13.9. The average molecular weight is 422 g/mol. The molecule has 3 rings (SSSR count). The van der Waals surface area contributed by atoms with Crippen molar-refractivity contribution in [1.82, 2.24) is 4.72 Å². The molecule has 0 amide bonds. The molecule has 0 spiro atoms. The molecule has 8 heteroatoms. The summed E-state index contributed by atoms with van der Waals surface area (Å²) >= 11 is 0. The molecule has 0 bridgehead atoms. The molecule has 158 valence electrons. The van der Waals surface area contributed by atoms with Crippen LogP contribution in [0.3, 0.4) is 0 Å². The maximum atomic E-state index is 13.0. The van der Waals surface area contributed by atoms with Gasteiger partial charge < -0.3 is 18.9 Å². The largest absolute Gasteiger partial charge is 0.493 e. The lowest BCUT2D eigenvalue weighted by Gasteiger charge is -2.17. The first-order valence-electron chi connectivity index (χ1n) is 9.60. The van der Waals surface area contributed by atoms with Gasteiger partial charge in [0, 0.05) is 12.1 Å². The lowest BCUT2D eigenvalue weighted by Crippen LogP contribution is -2.27. The van der Waals surface area contributed by atoms with Crippen LogP contribution in [-0.2, 0) is 16.4 Å². The van der Waals surface area contributed by atoms with E-state index in [1.165, 1.54) is 12.1 Å². The van der Waals surface area contributed by atoms with Crippen molar-refractivity contribution in [3.05, 3.63) is 41.5 Å². The Balaban J connectivity index is 1.89. The molecule has 0 aromatic heterocycles. The molecule has 1 aliphatic rings. The van der Waals surface area contributed by atoms with Crippen molar-refractivity contribution in [3.63, 3.8) is 0 Å². The number of aryl methyl sites for hydroxylation is 1. The molecule has 0 saturated heterocycles. The van der Waals surface area contributed by atoms with E-state index in [1.54, 1.807) is 20.3 Å². The second-order valence-corrected chi connectivity index (χ2v) is 8.31. The Bertz CT molecular complexity index is 973. The summed E-state index contributed by atoms with van der Waals surface area (Å²) < 4.78 is 50.7. The number of nitrogens with one attached hydrogen (secondary N) is 1. The molecule has 2 aromatic rings. The maximum absolute atomic E-state index is 13.0. The highest BCUT2D eigenvalue weighted by Gasteiger charge is 2.29. The summed E-state index contributed by atoms with van der Waals surface area (Å²) in [7, 11) is -0.604. The Labute approximate surface area is 172 Å². The smallest absolute Gasteiger partial charge is 0.241 e. The Hall–Kier alpha value is -2.45. The molecule has 29 heavy (non-hydrogen) atoms. The second kappa shape index (κ2) is 8.92. The molecular weight excluding hydrogens is 394 g/mol. The van der Waals surface area contributed by atoms with Gasteiger partial charge >= 0.3 is 0 Å². The topological polar surface area (TPSA) is 83.1 Å². The molecule has 0 fully saturated rings. The van der Waals surface area contributed by atoms with Gasteiger partial charge in [0.1, 0.15) is 0 Å². The minimum Gasteiger partial charge on any atom is -0.493 e. The third-order valence-corrected chi connectivity index (χ3v) is 6.32. The molecular formula is C21H27NO6S. The summed E-state index contributed by atoms with van der Waals surface area (Å²) in [6.07, 6.45) is 1.43. The fourth-order valence-electron chi connectivity index (χ4n) is 3.51. The Morgan fingerprint density at radius 2 is 1.59 bits per heavy atom. The molecule has 2 aromatic carbocycles. The number of fused-ring (bicyclic) bond motifs is 1. The van der Waals surface area contributed by atoms with Gasteiger partial charge in [-0.25, -0.2) is 13.1 Å². The number of hydrogen-bond donors (Lipinski definition) is 1. The minimum atomic E-state index is -3.75. The van der Waals surface area contributed by atoms with Crippen LogP contribution in [0.1, 0.15) is 37.4 Å². The number of rotatable bonds is 9. The molecule has 0 saturated carbocycles. The zero-order valence-electron chi connectivity index (χ0n) is 17.2. The Morgan fingerprint density at radius 3 is 2.24 bits per heavy atom. The quantitative estimate of drug-likeness (QED) is 0.668. The number of methoxy groups -OCH3 is 2. The molecule has 0 radical (unpaired) electrons. The van der Waals surface area contributed by atoms with Gasteiger partial charge in [-0.2, -0.15) is 0 Å². The van der Waals surface area contributed by atoms with E-state index < -0.39 is 10.0 Å². The van der Waals surface area contributed by atoms with Gasteiger partial charge in [0.15, 0.2) is 23.0 Å². The lowest BCUT2D eigenvalue weighted by atomic mass is 10.1. The van der Waals surface area contributed by atoms with E-state index >= 15 is 0 Å². The minimum absolute atomic E-state index is 0.137. The monoisotopic (exact) mass is 421 g/mol. The molecule has 1 atom stereocenters. The van der Waals surface area contributed by atoms with Crippen LogP contribution in [0.4, 0.5) is 0 Å². The number of hydrogen-bond acceptors (Lipinski definition) is 6. The molecule has 1 N–H and O–H groups in total. The Kier molecular flexibility index (Phi) is 6.54. The van der Waals surface area contributed by atoms with E-state index in [-0.39, 0.29) is 10.9 Å². The van der Waals surface area contributed by atoms with Crippen molar-refractivity contribution < 1.29 is 27.4 Å². The fourth-order valence-corrected chi connectivity index (χ4v) is 4.77. The van der Waals surface area contributed by atoms with Crippen LogP contribution in [-0.4, -0.2) is 35.9 Å². The van der Waals surface area contributed by atoms with Crippen LogP contribution in [0.15, 0.2) is 35.2 Å². The van der Waals surface area contributed by atoms with Crippen LogP contribution in [0, 0.1) is 0 Å². The van der Waals surface area contributed by atoms with Gasteiger partial charge in [0.05, 0.1) is 32.3 Å². The first-order valence-corrected chi connectivity index (χ1v) is 11.1. The maximum Gasteiger partial charge on any atom is 0.241 e. The average Bonchev–Trinajstić information content (AvgIpc) is 3.09. The van der Waals surface area contributed by atoms with Crippen LogP contribution in [0.25, 0.3) is 0 Å². The van der Waals surface area contributed by atoms with Crippen LogP contribution < -0.4 is 23.7 Å². The van der Waals surface area contributed by atoms with E-state index in [1.807, 2.05) is 26.0 Å². The fraction of sp³-hybridized carbons (Fsp3) is 0.429. The van der Waals surface area contributed by atoms with Gasteiger partial charge in [0.25, 0.3) is 0 Å². The lowest BCUT2D eigenvalue weighted by molar-refractivity contribution is 0.287. The van der Waals surface area contributed by atoms with Crippen molar-refractivity contribution >= 4 is 10.0 Å². The first kappa shape index (κ1) is 21.3. The van der Waals surface area contributed by atoms with Gasteiger partial charge in [-0.1, -0.05) is 0 Å². The summed E-state index contributed by atoms with van der Waals surface area (Å²) in [5, 5.41) is 0. The van der Waals surface area contributed by atoms with Crippen molar-refractivity contribution in [2.24, 2.45) is 0 Å². The zero-order chi connectivity index (χ0) is 21.0. The van der Waals surface area contributed by atoms with E-state index in [0.29, 0.717) is 42.6 Å². The standard InChI is InChI=1S/C21H27NO6S/c1-5-27-18-10-8-15(12-21(18)28-6-2)29(23,24)22-17-9-7-14-11-19(25-3)20(26-4)13-16(14)17/h8,10-13,17,22H,5-7,9H2,1-4H3. The number of sulfonamides is 1. The summed E-state index contributed by atoms with van der Waals surface area (Å²) in [6.45, 7) is 4.58. The van der Waals surface area contributed by atoms with E-state index in [4.69, 9.17) is 18.9 Å². The highest BCUT2D eigenvalue weighted by Crippen LogP contribution is 2.40. The molecule has 7 nitrogen and oxygen atoms in total. The number of benzene rings is 2. The summed E-state index contributed by atoms with van der Waals surface area (Å²) in [5.41, 5.74) is 1.96. The van der Waals surface area contributed by atoms with Crippen LogP contribution in [0.5, 0.6) is 23.0 Å². The van der Waals surface area contributed by atoms with Crippen molar-refractivity contribution in [1.29, 1.82) is 0 Å². The molecule has 0 aliphatic heterocycles. The predicted molar refractivity (Wildman–Crippen MR) is 110 cm³/mol. The van der Waals surface area contributed by atoms with Gasteiger partial charge in [-0.15, -0.1) is 0 Å². The van der Waals surface area contributed by atoms with Gasteiger partial charge in [0.2, 0.25) is 10.0 Å².